The molecule has 0 radical (unpaired) electrons. The summed E-state index contributed by atoms with van der Waals surface area (Å²) in [6.45, 7) is 0. The van der Waals surface area contributed by atoms with E-state index in [1.165, 1.54) is 0 Å². The van der Waals surface area contributed by atoms with Gasteiger partial charge in [-0.2, -0.15) is 4.00 Å². The Labute approximate surface area is 66.5 Å². The molecule has 1 rings (SSSR count). The lowest BCUT2D eigenvalue weighted by atomic mass is 10.3. The molecule has 0 aromatic heterocycles. The lowest BCUT2D eigenvalue weighted by Gasteiger charge is -2.16. The first-order valence-electron chi connectivity index (χ1n) is 3.20. The number of quaternary nitrogens is 1. The van der Waals surface area contributed by atoms with Crippen LogP contribution in [-0.2, 0) is 0 Å². The molecule has 0 atom stereocenters. The minimum absolute atomic E-state index is 0.362. The summed E-state index contributed by atoms with van der Waals surface area (Å²) in [5.41, 5.74) is 1.10. The van der Waals surface area contributed by atoms with Gasteiger partial charge in [0.2, 0.25) is 0 Å². The van der Waals surface area contributed by atoms with E-state index in [0.29, 0.717) is 4.00 Å². The van der Waals surface area contributed by atoms with Crippen LogP contribution in [0.5, 0.6) is 0 Å². The van der Waals surface area contributed by atoms with Crippen molar-refractivity contribution in [3.05, 3.63) is 30.3 Å². The van der Waals surface area contributed by atoms with Gasteiger partial charge in [-0.15, -0.1) is 0 Å². The summed E-state index contributed by atoms with van der Waals surface area (Å²) in [4.78, 5) is 0. The standard InChI is InChI=1S/C8H11ClN/c1-10(2,9)8-6-4-3-5-7-8/h3-7H,1-2H3/q+1. The zero-order chi connectivity index (χ0) is 7.61. The molecule has 0 amide bonds. The van der Waals surface area contributed by atoms with Crippen LogP contribution in [0.1, 0.15) is 0 Å². The summed E-state index contributed by atoms with van der Waals surface area (Å²) in [5.74, 6) is 0. The molecule has 2 heteroatoms. The highest BCUT2D eigenvalue weighted by Gasteiger charge is 2.13. The second-order valence-corrected chi connectivity index (χ2v) is 3.50. The van der Waals surface area contributed by atoms with Crippen LogP contribution in [0.4, 0.5) is 5.69 Å². The molecule has 0 aliphatic rings. The van der Waals surface area contributed by atoms with E-state index < -0.39 is 0 Å². The normalized spacial score (nSPS) is 11.5. The largest absolute Gasteiger partial charge is 0.195 e. The molecule has 10 heavy (non-hydrogen) atoms. The smallest absolute Gasteiger partial charge is 0.170 e. The van der Waals surface area contributed by atoms with Crippen molar-refractivity contribution >= 4 is 17.5 Å². The topological polar surface area (TPSA) is 0 Å². The summed E-state index contributed by atoms with van der Waals surface area (Å²) < 4.78 is 0.362. The van der Waals surface area contributed by atoms with Crippen LogP contribution < -0.4 is 4.00 Å². The summed E-state index contributed by atoms with van der Waals surface area (Å²) in [6.07, 6.45) is 0. The van der Waals surface area contributed by atoms with Crippen molar-refractivity contribution in [2.75, 3.05) is 14.1 Å². The zero-order valence-corrected chi connectivity index (χ0v) is 6.97. The van der Waals surface area contributed by atoms with E-state index in [9.17, 15) is 0 Å². The van der Waals surface area contributed by atoms with E-state index in [0.717, 1.165) is 5.69 Å². The Morgan fingerprint density at radius 1 is 1.10 bits per heavy atom. The SMILES string of the molecule is C[N+](C)(Cl)c1ccccc1. The van der Waals surface area contributed by atoms with Gasteiger partial charge in [-0.3, -0.25) is 0 Å². The Bertz CT molecular complexity index is 200. The number of nitrogens with zero attached hydrogens (tertiary/aromatic N) is 1. The van der Waals surface area contributed by atoms with Gasteiger partial charge >= 0.3 is 0 Å². The first-order chi connectivity index (χ1) is 4.61. The van der Waals surface area contributed by atoms with E-state index in [4.69, 9.17) is 11.8 Å². The Hall–Kier alpha value is -0.530. The molecule has 0 saturated carbocycles. The van der Waals surface area contributed by atoms with Crippen LogP contribution in [0.3, 0.4) is 0 Å². The van der Waals surface area contributed by atoms with Gasteiger partial charge in [0.05, 0.1) is 14.1 Å². The molecule has 0 N–H and O–H groups in total. The molecular formula is C8H11ClN+. The predicted molar refractivity (Wildman–Crippen MR) is 45.9 cm³/mol. The lowest BCUT2D eigenvalue weighted by molar-refractivity contribution is 0.646. The fraction of sp³-hybridized carbons (Fsp3) is 0.250. The first-order valence-corrected chi connectivity index (χ1v) is 3.54. The first kappa shape index (κ1) is 7.58. The van der Waals surface area contributed by atoms with Gasteiger partial charge in [0, 0.05) is 12.1 Å². The van der Waals surface area contributed by atoms with Crippen LogP contribution in [0, 0.1) is 0 Å². The third-order valence-electron chi connectivity index (χ3n) is 1.37. The minimum Gasteiger partial charge on any atom is -0.195 e. The summed E-state index contributed by atoms with van der Waals surface area (Å²) in [6, 6.07) is 9.96. The monoisotopic (exact) mass is 156 g/mol. The quantitative estimate of drug-likeness (QED) is 0.548. The van der Waals surface area contributed by atoms with E-state index >= 15 is 0 Å². The molecule has 1 aromatic rings. The van der Waals surface area contributed by atoms with Crippen molar-refractivity contribution in [1.29, 1.82) is 0 Å². The van der Waals surface area contributed by atoms with Crippen molar-refractivity contribution < 1.29 is 0 Å². The van der Waals surface area contributed by atoms with Crippen molar-refractivity contribution in [2.45, 2.75) is 0 Å². The van der Waals surface area contributed by atoms with Gasteiger partial charge in [0.15, 0.2) is 11.8 Å². The second kappa shape index (κ2) is 2.60. The lowest BCUT2D eigenvalue weighted by Crippen LogP contribution is -2.27. The number of hydrogen-bond donors (Lipinski definition) is 0. The van der Waals surface area contributed by atoms with Crippen molar-refractivity contribution in [3.8, 4) is 0 Å². The van der Waals surface area contributed by atoms with Crippen LogP contribution in [0.2, 0.25) is 0 Å². The Morgan fingerprint density at radius 2 is 1.60 bits per heavy atom. The van der Waals surface area contributed by atoms with Gasteiger partial charge in [-0.25, -0.2) is 0 Å². The highest BCUT2D eigenvalue weighted by Crippen LogP contribution is 2.19. The highest BCUT2D eigenvalue weighted by atomic mass is 35.5. The van der Waals surface area contributed by atoms with Gasteiger partial charge in [-0.1, -0.05) is 18.2 Å². The summed E-state index contributed by atoms with van der Waals surface area (Å²) >= 11 is 6.00. The maximum atomic E-state index is 6.00. The number of hydrogen-bond acceptors (Lipinski definition) is 0. The number of benzene rings is 1. The molecule has 54 valence electrons. The Balaban J connectivity index is 2.97. The maximum Gasteiger partial charge on any atom is 0.170 e. The average molecular weight is 157 g/mol. The molecule has 0 aliphatic heterocycles. The summed E-state index contributed by atoms with van der Waals surface area (Å²) in [5, 5.41) is 0. The predicted octanol–water partition coefficient (Wildman–Crippen LogP) is 2.41. The minimum atomic E-state index is 0.362. The fourth-order valence-electron chi connectivity index (χ4n) is 0.782. The molecule has 0 saturated heterocycles. The van der Waals surface area contributed by atoms with Crippen LogP contribution >= 0.6 is 11.8 Å². The van der Waals surface area contributed by atoms with Crippen molar-refractivity contribution in [2.24, 2.45) is 0 Å². The molecule has 0 fully saturated rings. The Morgan fingerprint density at radius 3 is 1.90 bits per heavy atom. The molecule has 0 spiro atoms. The van der Waals surface area contributed by atoms with Crippen LogP contribution in [0.25, 0.3) is 0 Å². The Kier molecular flexibility index (Phi) is 1.97. The molecule has 1 aromatic carbocycles. The third kappa shape index (κ3) is 1.72. The fourth-order valence-corrected chi connectivity index (χ4v) is 0.895. The van der Waals surface area contributed by atoms with Crippen molar-refractivity contribution in [1.82, 2.24) is 4.00 Å². The van der Waals surface area contributed by atoms with E-state index in [-0.39, 0.29) is 0 Å². The van der Waals surface area contributed by atoms with E-state index in [1.54, 1.807) is 0 Å². The molecule has 0 heterocycles. The highest BCUT2D eigenvalue weighted by molar-refractivity contribution is 6.20. The molecular weight excluding hydrogens is 146 g/mol. The summed E-state index contributed by atoms with van der Waals surface area (Å²) in [7, 11) is 3.85. The number of para-hydroxylation sites is 1. The van der Waals surface area contributed by atoms with Crippen molar-refractivity contribution in [3.63, 3.8) is 0 Å². The average Bonchev–Trinajstić information content (AvgIpc) is 1.88. The van der Waals surface area contributed by atoms with Gasteiger partial charge in [-0.05, 0) is 0 Å². The van der Waals surface area contributed by atoms with Gasteiger partial charge in [0.1, 0.15) is 5.69 Å². The van der Waals surface area contributed by atoms with Gasteiger partial charge < -0.3 is 0 Å². The van der Waals surface area contributed by atoms with E-state index in [1.807, 2.05) is 44.4 Å². The zero-order valence-electron chi connectivity index (χ0n) is 6.21. The maximum absolute atomic E-state index is 6.00. The molecule has 0 bridgehead atoms. The molecule has 0 unspecified atom stereocenters. The number of halogens is 1. The van der Waals surface area contributed by atoms with E-state index in [2.05, 4.69) is 0 Å². The number of rotatable bonds is 1. The molecule has 1 nitrogen and oxygen atoms in total. The van der Waals surface area contributed by atoms with Crippen LogP contribution in [-0.4, -0.2) is 14.1 Å². The van der Waals surface area contributed by atoms with Gasteiger partial charge in [0.25, 0.3) is 0 Å². The van der Waals surface area contributed by atoms with Crippen LogP contribution in [0.15, 0.2) is 30.3 Å². The second-order valence-electron chi connectivity index (χ2n) is 2.65. The molecule has 0 aliphatic carbocycles. The third-order valence-corrected chi connectivity index (χ3v) is 1.57.